The molecule has 0 saturated carbocycles. The average molecular weight is 465 g/mol. The summed E-state index contributed by atoms with van der Waals surface area (Å²) < 4.78 is 27.9. The summed E-state index contributed by atoms with van der Waals surface area (Å²) >= 11 is 0. The first-order chi connectivity index (χ1) is 15.9. The third-order valence-corrected chi connectivity index (χ3v) is 7.30. The predicted molar refractivity (Wildman–Crippen MR) is 127 cm³/mol. The van der Waals surface area contributed by atoms with Crippen LogP contribution >= 0.6 is 0 Å². The van der Waals surface area contributed by atoms with E-state index < -0.39 is 15.9 Å². The van der Waals surface area contributed by atoms with Gasteiger partial charge >= 0.3 is 6.03 Å². The molecule has 0 radical (unpaired) electrons. The van der Waals surface area contributed by atoms with Crippen LogP contribution in [0.3, 0.4) is 0 Å². The fraction of sp³-hybridized carbons (Fsp3) is 0.167. The highest BCUT2D eigenvalue weighted by Crippen LogP contribution is 2.25. The van der Waals surface area contributed by atoms with Gasteiger partial charge < -0.3 is 16.0 Å². The molecule has 0 unspecified atom stereocenters. The largest absolute Gasteiger partial charge is 0.341 e. The predicted octanol–water partition coefficient (Wildman–Crippen LogP) is 3.44. The van der Waals surface area contributed by atoms with Gasteiger partial charge in [-0.05, 0) is 60.0 Å². The molecule has 170 valence electrons. The molecule has 0 aliphatic carbocycles. The highest BCUT2D eigenvalue weighted by molar-refractivity contribution is 7.89. The molecule has 4 rings (SSSR count). The minimum atomic E-state index is -3.75. The highest BCUT2D eigenvalue weighted by Gasteiger charge is 2.28. The summed E-state index contributed by atoms with van der Waals surface area (Å²) in [4.78, 5) is 24.2. The van der Waals surface area contributed by atoms with Crippen LogP contribution in [-0.2, 0) is 23.0 Å². The zero-order chi connectivity index (χ0) is 23.4. The van der Waals surface area contributed by atoms with Crippen molar-refractivity contribution in [2.45, 2.75) is 17.9 Å². The molecule has 0 bridgehead atoms. The van der Waals surface area contributed by atoms with Crippen LogP contribution in [0.1, 0.15) is 21.5 Å². The number of amides is 3. The number of sulfonamides is 1. The molecule has 8 nitrogen and oxygen atoms in total. The maximum atomic E-state index is 13.2. The Morgan fingerprint density at radius 1 is 0.848 bits per heavy atom. The van der Waals surface area contributed by atoms with Gasteiger partial charge in [0.2, 0.25) is 10.0 Å². The van der Waals surface area contributed by atoms with E-state index in [2.05, 4.69) is 16.0 Å². The number of hydrogen-bond donors (Lipinski definition) is 3. The lowest BCUT2D eigenvalue weighted by molar-refractivity contribution is 0.102. The van der Waals surface area contributed by atoms with E-state index in [-0.39, 0.29) is 16.5 Å². The number of rotatable bonds is 5. The van der Waals surface area contributed by atoms with E-state index in [9.17, 15) is 18.0 Å². The monoisotopic (exact) mass is 464 g/mol. The zero-order valence-electron chi connectivity index (χ0n) is 18.0. The Kier molecular flexibility index (Phi) is 6.43. The molecule has 3 aromatic rings. The Morgan fingerprint density at radius 3 is 2.21 bits per heavy atom. The molecule has 0 spiro atoms. The van der Waals surface area contributed by atoms with Gasteiger partial charge in [-0.25, -0.2) is 13.2 Å². The Morgan fingerprint density at radius 2 is 1.52 bits per heavy atom. The SMILES string of the molecule is CNC(=O)Nc1ccc(NC(=O)c2cccc(S(=O)(=O)N3CCc4ccccc4C3)c2)cc1. The van der Waals surface area contributed by atoms with Crippen LogP contribution in [0.25, 0.3) is 0 Å². The molecule has 1 heterocycles. The van der Waals surface area contributed by atoms with Gasteiger partial charge in [-0.3, -0.25) is 4.79 Å². The maximum Gasteiger partial charge on any atom is 0.318 e. The number of fused-ring (bicyclic) bond motifs is 1. The summed E-state index contributed by atoms with van der Waals surface area (Å²) in [5.74, 6) is -0.428. The molecule has 1 aliphatic heterocycles. The molecule has 0 saturated heterocycles. The molecule has 0 atom stereocenters. The second-order valence-electron chi connectivity index (χ2n) is 7.62. The van der Waals surface area contributed by atoms with E-state index in [1.807, 2.05) is 24.3 Å². The fourth-order valence-electron chi connectivity index (χ4n) is 3.66. The number of nitrogens with one attached hydrogen (secondary N) is 3. The lowest BCUT2D eigenvalue weighted by Gasteiger charge is -2.28. The second kappa shape index (κ2) is 9.43. The van der Waals surface area contributed by atoms with Gasteiger partial charge in [0.1, 0.15) is 0 Å². The van der Waals surface area contributed by atoms with Crippen LogP contribution in [0.15, 0.2) is 77.7 Å². The van der Waals surface area contributed by atoms with Crippen LogP contribution in [0, 0.1) is 0 Å². The standard InChI is InChI=1S/C24H24N4O4S/c1-25-24(30)27-21-11-9-20(10-12-21)26-23(29)18-7-4-8-22(15-18)33(31,32)28-14-13-17-5-2-3-6-19(17)16-28/h2-12,15H,13-14,16H2,1H3,(H,26,29)(H2,25,27,30). The summed E-state index contributed by atoms with van der Waals surface area (Å²) in [6.45, 7) is 0.706. The molecule has 33 heavy (non-hydrogen) atoms. The third-order valence-electron chi connectivity index (χ3n) is 5.46. The molecule has 1 aliphatic rings. The molecule has 3 aromatic carbocycles. The number of carbonyl (C=O) groups excluding carboxylic acids is 2. The van der Waals surface area contributed by atoms with Crippen LogP contribution in [0.5, 0.6) is 0 Å². The lowest BCUT2D eigenvalue weighted by atomic mass is 10.0. The minimum absolute atomic E-state index is 0.0830. The van der Waals surface area contributed by atoms with Crippen molar-refractivity contribution in [1.82, 2.24) is 9.62 Å². The molecular weight excluding hydrogens is 440 g/mol. The molecule has 0 aromatic heterocycles. The van der Waals surface area contributed by atoms with Crippen LogP contribution < -0.4 is 16.0 Å². The van der Waals surface area contributed by atoms with Crippen molar-refractivity contribution < 1.29 is 18.0 Å². The maximum absolute atomic E-state index is 13.2. The number of anilines is 2. The van der Waals surface area contributed by atoms with Crippen molar-refractivity contribution in [2.24, 2.45) is 0 Å². The van der Waals surface area contributed by atoms with Crippen LogP contribution in [0.2, 0.25) is 0 Å². The van der Waals surface area contributed by atoms with E-state index in [0.717, 1.165) is 11.1 Å². The topological polar surface area (TPSA) is 108 Å². The number of benzene rings is 3. The van der Waals surface area contributed by atoms with E-state index in [0.29, 0.717) is 30.9 Å². The summed E-state index contributed by atoms with van der Waals surface area (Å²) in [7, 11) is -2.23. The highest BCUT2D eigenvalue weighted by atomic mass is 32.2. The summed E-state index contributed by atoms with van der Waals surface area (Å²) in [6.07, 6.45) is 0.653. The molecule has 3 amide bonds. The van der Waals surface area contributed by atoms with Crippen molar-refractivity contribution in [3.63, 3.8) is 0 Å². The number of hydrogen-bond acceptors (Lipinski definition) is 4. The van der Waals surface area contributed by atoms with Gasteiger partial charge in [0.25, 0.3) is 5.91 Å². The van der Waals surface area contributed by atoms with Crippen molar-refractivity contribution in [3.05, 3.63) is 89.5 Å². The fourth-order valence-corrected chi connectivity index (χ4v) is 5.12. The van der Waals surface area contributed by atoms with Gasteiger partial charge in [0.15, 0.2) is 0 Å². The van der Waals surface area contributed by atoms with Gasteiger partial charge in [0, 0.05) is 37.1 Å². The average Bonchev–Trinajstić information content (AvgIpc) is 2.84. The first kappa shape index (κ1) is 22.5. The zero-order valence-corrected chi connectivity index (χ0v) is 18.9. The van der Waals surface area contributed by atoms with Gasteiger partial charge in [-0.1, -0.05) is 30.3 Å². The van der Waals surface area contributed by atoms with Gasteiger partial charge in [0.05, 0.1) is 4.90 Å². The Bertz CT molecular complexity index is 1290. The Labute approximate surface area is 192 Å². The van der Waals surface area contributed by atoms with Crippen molar-refractivity contribution in [2.75, 3.05) is 24.2 Å². The number of carbonyl (C=O) groups is 2. The van der Waals surface area contributed by atoms with E-state index >= 15 is 0 Å². The van der Waals surface area contributed by atoms with Gasteiger partial charge in [-0.15, -0.1) is 0 Å². The third kappa shape index (κ3) is 5.05. The molecule has 9 heteroatoms. The van der Waals surface area contributed by atoms with E-state index in [4.69, 9.17) is 0 Å². The summed E-state index contributed by atoms with van der Waals surface area (Å²) in [6, 6.07) is 20.1. The van der Waals surface area contributed by atoms with Crippen LogP contribution in [0.4, 0.5) is 16.2 Å². The minimum Gasteiger partial charge on any atom is -0.341 e. The molecular formula is C24H24N4O4S. The molecule has 3 N–H and O–H groups in total. The number of nitrogens with zero attached hydrogens (tertiary/aromatic N) is 1. The normalized spacial score (nSPS) is 13.6. The first-order valence-electron chi connectivity index (χ1n) is 10.4. The van der Waals surface area contributed by atoms with Crippen LogP contribution in [-0.4, -0.2) is 38.3 Å². The smallest absolute Gasteiger partial charge is 0.318 e. The Balaban J connectivity index is 1.48. The van der Waals surface area contributed by atoms with Crippen molar-refractivity contribution >= 4 is 33.3 Å². The summed E-state index contributed by atoms with van der Waals surface area (Å²) in [5, 5.41) is 7.83. The quantitative estimate of drug-likeness (QED) is 0.538. The molecule has 0 fully saturated rings. The lowest BCUT2D eigenvalue weighted by Crippen LogP contribution is -2.36. The Hall–Kier alpha value is -3.69. The first-order valence-corrected chi connectivity index (χ1v) is 11.9. The summed E-state index contributed by atoms with van der Waals surface area (Å²) in [5.41, 5.74) is 3.48. The van der Waals surface area contributed by atoms with Crippen molar-refractivity contribution in [3.8, 4) is 0 Å². The number of urea groups is 1. The van der Waals surface area contributed by atoms with Crippen molar-refractivity contribution in [1.29, 1.82) is 0 Å². The van der Waals surface area contributed by atoms with E-state index in [1.54, 1.807) is 36.4 Å². The van der Waals surface area contributed by atoms with E-state index in [1.165, 1.54) is 23.5 Å². The second-order valence-corrected chi connectivity index (χ2v) is 9.56. The van der Waals surface area contributed by atoms with Gasteiger partial charge in [-0.2, -0.15) is 4.31 Å².